The Kier molecular flexibility index (Phi) is 13.0. The molecule has 0 N–H and O–H groups in total. The SMILES string of the molecule is O=C([O-])/C=C\C(=O)[O-].[Hg+][c]1ccccc1.[Hg+][c]1ccccc1. The van der Waals surface area contributed by atoms with Crippen LogP contribution in [0.1, 0.15) is 0 Å². The van der Waals surface area contributed by atoms with E-state index in [0.29, 0.717) is 12.2 Å². The zero-order valence-corrected chi connectivity index (χ0v) is 23.0. The van der Waals surface area contributed by atoms with E-state index in [1.54, 1.807) is 0 Å². The van der Waals surface area contributed by atoms with E-state index in [4.69, 9.17) is 0 Å². The van der Waals surface area contributed by atoms with E-state index in [0.717, 1.165) is 52.2 Å². The van der Waals surface area contributed by atoms with Crippen LogP contribution in [0.4, 0.5) is 0 Å². The second kappa shape index (κ2) is 13.6. The third-order valence-corrected chi connectivity index (χ3v) is 5.71. The quantitative estimate of drug-likeness (QED) is 0.297. The Bertz CT molecular complexity index is 530. The summed E-state index contributed by atoms with van der Waals surface area (Å²) in [6, 6.07) is 21.1. The van der Waals surface area contributed by atoms with Gasteiger partial charge in [0, 0.05) is 0 Å². The molecule has 0 bridgehead atoms. The summed E-state index contributed by atoms with van der Waals surface area (Å²) >= 11 is 1.62. The van der Waals surface area contributed by atoms with Crippen LogP contribution >= 0.6 is 0 Å². The molecule has 0 spiro atoms. The van der Waals surface area contributed by atoms with Gasteiger partial charge in [0.05, 0.1) is 11.9 Å². The molecule has 0 heterocycles. The molecule has 0 aliphatic carbocycles. The second-order valence-electron chi connectivity index (χ2n) is 3.94. The molecular formula is C16H12Hg2O4. The fraction of sp³-hybridized carbons (Fsp3) is 0. The zero-order valence-electron chi connectivity index (χ0n) is 12.0. The van der Waals surface area contributed by atoms with E-state index >= 15 is 0 Å². The number of benzene rings is 2. The molecule has 0 saturated heterocycles. The summed E-state index contributed by atoms with van der Waals surface area (Å²) in [4.78, 5) is 18.8. The Balaban J connectivity index is 0.000000301. The van der Waals surface area contributed by atoms with Crippen molar-refractivity contribution in [3.63, 3.8) is 0 Å². The van der Waals surface area contributed by atoms with Crippen molar-refractivity contribution in [1.82, 2.24) is 0 Å². The molecule has 0 fully saturated rings. The summed E-state index contributed by atoms with van der Waals surface area (Å²) in [6.45, 7) is 0. The monoisotopic (exact) mass is 672 g/mol. The van der Waals surface area contributed by atoms with Gasteiger partial charge in [0.25, 0.3) is 0 Å². The molecule has 0 aromatic heterocycles. The molecule has 0 atom stereocenters. The molecule has 22 heavy (non-hydrogen) atoms. The van der Waals surface area contributed by atoms with Gasteiger partial charge < -0.3 is 19.8 Å². The maximum atomic E-state index is 9.41. The van der Waals surface area contributed by atoms with Gasteiger partial charge in [-0.3, -0.25) is 0 Å². The fourth-order valence-corrected chi connectivity index (χ4v) is 3.21. The molecule has 2 aromatic rings. The Labute approximate surface area is 161 Å². The first kappa shape index (κ1) is 21.0. The van der Waals surface area contributed by atoms with Crippen LogP contribution in [-0.2, 0) is 61.8 Å². The molecular weight excluding hydrogens is 657 g/mol. The molecule has 2 aromatic carbocycles. The van der Waals surface area contributed by atoms with Gasteiger partial charge in [-0.15, -0.1) is 0 Å². The first-order chi connectivity index (χ1) is 10.4. The molecule has 0 unspecified atom stereocenters. The van der Waals surface area contributed by atoms with Crippen molar-refractivity contribution in [1.29, 1.82) is 0 Å². The molecule has 2 rings (SSSR count). The first-order valence-electron chi connectivity index (χ1n) is 6.26. The molecule has 0 aliphatic rings. The van der Waals surface area contributed by atoms with Crippen molar-refractivity contribution in [2.45, 2.75) is 0 Å². The fourth-order valence-electron chi connectivity index (χ4n) is 1.09. The van der Waals surface area contributed by atoms with Crippen molar-refractivity contribution in [2.75, 3.05) is 0 Å². The van der Waals surface area contributed by atoms with E-state index in [9.17, 15) is 19.8 Å². The number of carbonyl (C=O) groups is 2. The van der Waals surface area contributed by atoms with Gasteiger partial charge >= 0.3 is 119 Å². The van der Waals surface area contributed by atoms with Crippen LogP contribution in [-0.4, -0.2) is 11.9 Å². The summed E-state index contributed by atoms with van der Waals surface area (Å²) in [7, 11) is 0. The number of hydrogen-bond acceptors (Lipinski definition) is 4. The Morgan fingerprint density at radius 3 is 1.09 bits per heavy atom. The number of rotatable bonds is 2. The summed E-state index contributed by atoms with van der Waals surface area (Å²) < 4.78 is 3.03. The van der Waals surface area contributed by atoms with E-state index in [2.05, 4.69) is 60.7 Å². The normalized spacial score (nSPS) is 9.09. The van der Waals surface area contributed by atoms with Gasteiger partial charge in [-0.05, 0) is 12.2 Å². The molecule has 0 aliphatic heterocycles. The number of hydrogen-bond donors (Lipinski definition) is 0. The first-order valence-corrected chi connectivity index (χ1v) is 11.8. The zero-order chi connectivity index (χ0) is 16.8. The van der Waals surface area contributed by atoms with Crippen molar-refractivity contribution in [3.8, 4) is 0 Å². The van der Waals surface area contributed by atoms with Crippen LogP contribution in [0.3, 0.4) is 0 Å². The predicted molar refractivity (Wildman–Crippen MR) is 71.3 cm³/mol. The van der Waals surface area contributed by atoms with Crippen LogP contribution in [0, 0.1) is 0 Å². The van der Waals surface area contributed by atoms with E-state index in [-0.39, 0.29) is 0 Å². The van der Waals surface area contributed by atoms with Gasteiger partial charge in [-0.1, -0.05) is 0 Å². The Hall–Kier alpha value is -1.01. The van der Waals surface area contributed by atoms with Crippen molar-refractivity contribution >= 4 is 18.1 Å². The van der Waals surface area contributed by atoms with Gasteiger partial charge in [-0.25, -0.2) is 0 Å². The number of carboxylic acids is 2. The van der Waals surface area contributed by atoms with E-state index in [1.807, 2.05) is 0 Å². The van der Waals surface area contributed by atoms with Gasteiger partial charge in [0.2, 0.25) is 0 Å². The number of carbonyl (C=O) groups excluding carboxylic acids is 2. The summed E-state index contributed by atoms with van der Waals surface area (Å²) in [5, 5.41) is 18.8. The van der Waals surface area contributed by atoms with Crippen LogP contribution in [0.25, 0.3) is 0 Å². The molecule has 0 radical (unpaired) electrons. The molecule has 4 nitrogen and oxygen atoms in total. The van der Waals surface area contributed by atoms with Crippen molar-refractivity contribution in [2.24, 2.45) is 0 Å². The average molecular weight is 669 g/mol. The van der Waals surface area contributed by atoms with Gasteiger partial charge in [0.1, 0.15) is 0 Å². The average Bonchev–Trinajstić information content (AvgIpc) is 2.48. The van der Waals surface area contributed by atoms with Gasteiger partial charge in [-0.2, -0.15) is 0 Å². The van der Waals surface area contributed by atoms with Gasteiger partial charge in [0.15, 0.2) is 0 Å². The molecule has 0 saturated carbocycles. The van der Waals surface area contributed by atoms with E-state index < -0.39 is 11.9 Å². The second-order valence-corrected chi connectivity index (χ2v) is 10.3. The topological polar surface area (TPSA) is 80.3 Å². The minimum atomic E-state index is -1.55. The molecule has 0 amide bonds. The van der Waals surface area contributed by atoms with E-state index in [1.165, 1.54) is 6.14 Å². The third kappa shape index (κ3) is 15.4. The maximum absolute atomic E-state index is 9.41. The summed E-state index contributed by atoms with van der Waals surface area (Å²) in [5.41, 5.74) is 0. The van der Waals surface area contributed by atoms with Crippen molar-refractivity contribution in [3.05, 3.63) is 72.8 Å². The summed E-state index contributed by atoms with van der Waals surface area (Å²) in [5.74, 6) is -3.09. The summed E-state index contributed by atoms with van der Waals surface area (Å²) in [6.07, 6.45) is 0.769. The number of aliphatic carboxylic acids is 2. The van der Waals surface area contributed by atoms with Crippen LogP contribution in [0.5, 0.6) is 0 Å². The van der Waals surface area contributed by atoms with Crippen LogP contribution in [0.2, 0.25) is 0 Å². The number of carboxylic acid groups (broad SMARTS) is 2. The van der Waals surface area contributed by atoms with Crippen LogP contribution in [0.15, 0.2) is 72.8 Å². The Morgan fingerprint density at radius 2 is 0.955 bits per heavy atom. The van der Waals surface area contributed by atoms with Crippen LogP contribution < -0.4 is 16.4 Å². The molecule has 6 heteroatoms. The van der Waals surface area contributed by atoms with Crippen molar-refractivity contribution < 1.29 is 72.0 Å². The molecule has 104 valence electrons. The predicted octanol–water partition coefficient (Wildman–Crippen LogP) is -1.24. The Morgan fingerprint density at radius 1 is 0.682 bits per heavy atom. The third-order valence-electron chi connectivity index (χ3n) is 2.04. The minimum absolute atomic E-state index is 0.384. The standard InChI is InChI=1S/2C6H5.C4H4O4.2Hg/c2*1-2-4-6-5-3-1;5-3(6)1-2-4(7)8;;/h2*1-5H;1-2H,(H,5,6)(H,7,8);;/q;;;2*+1/p-2/b;;2-1-;;.